The van der Waals surface area contributed by atoms with Crippen LogP contribution in [0, 0.1) is 0 Å². The van der Waals surface area contributed by atoms with Crippen molar-refractivity contribution in [3.8, 4) is 0 Å². The van der Waals surface area contributed by atoms with E-state index in [1.54, 1.807) is 0 Å². The lowest BCUT2D eigenvalue weighted by molar-refractivity contribution is -0.697. The Kier molecular flexibility index (Phi) is 7.93. The number of nitrogens with zero attached hydrogens (tertiary/aromatic N) is 2. The third-order valence-electron chi connectivity index (χ3n) is 4.51. The molecule has 0 saturated carbocycles. The topological polar surface area (TPSA) is 8.81 Å². The molecule has 2 nitrogen and oxygen atoms in total. The van der Waals surface area contributed by atoms with Crippen LogP contribution in [0.1, 0.15) is 49.8 Å². The molecule has 0 aliphatic rings. The largest absolute Gasteiger partial charge is 1.00 e. The predicted molar refractivity (Wildman–Crippen MR) is 98.9 cm³/mol. The van der Waals surface area contributed by atoms with E-state index < -0.39 is 0 Å². The predicted octanol–water partition coefficient (Wildman–Crippen LogP) is 2.00. The second kappa shape index (κ2) is 10.2. The van der Waals surface area contributed by atoms with E-state index in [4.69, 9.17) is 0 Å². The van der Waals surface area contributed by atoms with Crippen molar-refractivity contribution in [1.29, 1.82) is 0 Å². The van der Waals surface area contributed by atoms with Crippen molar-refractivity contribution in [1.82, 2.24) is 4.57 Å². The number of halogens is 1. The van der Waals surface area contributed by atoms with Crippen molar-refractivity contribution in [3.05, 3.63) is 90.5 Å². The Morgan fingerprint density at radius 1 is 0.840 bits per heavy atom. The van der Waals surface area contributed by atoms with Crippen LogP contribution in [-0.2, 0) is 6.54 Å². The van der Waals surface area contributed by atoms with Crippen LogP contribution >= 0.6 is 0 Å². The van der Waals surface area contributed by atoms with Crippen LogP contribution < -0.4 is 21.5 Å². The SMILES string of the molecule is CCCCCC[n+]1ccn(C(c2ccccc2)c2ccccc2)c1.[Br-]. The lowest BCUT2D eigenvalue weighted by Gasteiger charge is -2.14. The molecule has 2 aromatic carbocycles. The third kappa shape index (κ3) is 5.30. The first-order chi connectivity index (χ1) is 11.9. The molecule has 25 heavy (non-hydrogen) atoms. The monoisotopic (exact) mass is 398 g/mol. The molecule has 0 unspecified atom stereocenters. The number of hydrogen-bond donors (Lipinski definition) is 0. The van der Waals surface area contributed by atoms with E-state index in [9.17, 15) is 0 Å². The van der Waals surface area contributed by atoms with Crippen LogP contribution in [0.5, 0.6) is 0 Å². The first-order valence-corrected chi connectivity index (χ1v) is 9.05. The number of benzene rings is 2. The van der Waals surface area contributed by atoms with Gasteiger partial charge in [-0.05, 0) is 12.8 Å². The van der Waals surface area contributed by atoms with Gasteiger partial charge in [-0.3, -0.25) is 0 Å². The summed E-state index contributed by atoms with van der Waals surface area (Å²) in [4.78, 5) is 0. The van der Waals surface area contributed by atoms with Gasteiger partial charge >= 0.3 is 0 Å². The molecule has 3 rings (SSSR count). The summed E-state index contributed by atoms with van der Waals surface area (Å²) >= 11 is 0. The highest BCUT2D eigenvalue weighted by atomic mass is 79.9. The zero-order chi connectivity index (χ0) is 16.6. The second-order valence-electron chi connectivity index (χ2n) is 6.38. The van der Waals surface area contributed by atoms with Crippen molar-refractivity contribution in [2.45, 2.75) is 45.2 Å². The number of rotatable bonds is 8. The van der Waals surface area contributed by atoms with Crippen molar-refractivity contribution >= 4 is 0 Å². The summed E-state index contributed by atoms with van der Waals surface area (Å²) in [6.45, 7) is 3.36. The quantitative estimate of drug-likeness (QED) is 0.405. The van der Waals surface area contributed by atoms with Crippen LogP contribution in [0.2, 0.25) is 0 Å². The molecule has 3 heteroatoms. The lowest BCUT2D eigenvalue weighted by Crippen LogP contribution is -3.00. The molecule has 132 valence electrons. The summed E-state index contributed by atoms with van der Waals surface area (Å²) in [7, 11) is 0. The Hall–Kier alpha value is -1.87. The summed E-state index contributed by atoms with van der Waals surface area (Å²) in [5.41, 5.74) is 2.63. The normalized spacial score (nSPS) is 10.6. The Labute approximate surface area is 161 Å². The average Bonchev–Trinajstić information content (AvgIpc) is 3.09. The molecular weight excluding hydrogens is 372 g/mol. The summed E-state index contributed by atoms with van der Waals surface area (Å²) in [6.07, 6.45) is 11.8. The standard InChI is InChI=1S/C22H27N2.BrH/c1-2-3-4-11-16-23-17-18-24(19-23)22(20-12-7-5-8-13-20)21-14-9-6-10-15-21;/h5-10,12-15,17-19,22H,2-4,11,16H2,1H3;1H/q+1;/p-1. The highest BCUT2D eigenvalue weighted by Gasteiger charge is 2.21. The van der Waals surface area contributed by atoms with E-state index in [2.05, 4.69) is 95.4 Å². The van der Waals surface area contributed by atoms with Crippen LogP contribution in [-0.4, -0.2) is 4.57 Å². The number of hydrogen-bond acceptors (Lipinski definition) is 0. The van der Waals surface area contributed by atoms with Crippen molar-refractivity contribution < 1.29 is 21.5 Å². The third-order valence-corrected chi connectivity index (χ3v) is 4.51. The summed E-state index contributed by atoms with van der Waals surface area (Å²) in [5.74, 6) is 0. The first kappa shape index (κ1) is 19.5. The van der Waals surface area contributed by atoms with Crippen molar-refractivity contribution in [2.75, 3.05) is 0 Å². The molecule has 1 aromatic heterocycles. The first-order valence-electron chi connectivity index (χ1n) is 9.05. The van der Waals surface area contributed by atoms with E-state index in [0.29, 0.717) is 0 Å². The van der Waals surface area contributed by atoms with E-state index >= 15 is 0 Å². The summed E-state index contributed by atoms with van der Waals surface area (Å²) in [5, 5.41) is 0. The molecule has 0 aliphatic carbocycles. The maximum atomic E-state index is 2.32. The van der Waals surface area contributed by atoms with Crippen molar-refractivity contribution in [2.24, 2.45) is 0 Å². The van der Waals surface area contributed by atoms with Gasteiger partial charge in [-0.15, -0.1) is 0 Å². The number of aryl methyl sites for hydroxylation is 1. The highest BCUT2D eigenvalue weighted by molar-refractivity contribution is 5.32. The minimum atomic E-state index is 0. The average molecular weight is 399 g/mol. The fraction of sp³-hybridized carbons (Fsp3) is 0.318. The number of unbranched alkanes of at least 4 members (excludes halogenated alkanes) is 3. The highest BCUT2D eigenvalue weighted by Crippen LogP contribution is 2.25. The van der Waals surface area contributed by atoms with Gasteiger partial charge in [0.1, 0.15) is 12.4 Å². The minimum absolute atomic E-state index is 0. The fourth-order valence-corrected chi connectivity index (χ4v) is 3.22. The van der Waals surface area contributed by atoms with Crippen LogP contribution in [0.4, 0.5) is 0 Å². The molecule has 0 amide bonds. The van der Waals surface area contributed by atoms with Gasteiger partial charge in [-0.1, -0.05) is 80.4 Å². The van der Waals surface area contributed by atoms with Gasteiger partial charge in [-0.2, -0.15) is 0 Å². The smallest absolute Gasteiger partial charge is 0.244 e. The van der Waals surface area contributed by atoms with Gasteiger partial charge in [0.05, 0.1) is 6.54 Å². The van der Waals surface area contributed by atoms with E-state index in [1.807, 2.05) is 0 Å². The Morgan fingerprint density at radius 2 is 1.44 bits per heavy atom. The van der Waals surface area contributed by atoms with Gasteiger partial charge in [-0.25, -0.2) is 9.13 Å². The molecule has 0 N–H and O–H groups in total. The van der Waals surface area contributed by atoms with Gasteiger partial charge in [0, 0.05) is 11.1 Å². The second-order valence-corrected chi connectivity index (χ2v) is 6.38. The van der Waals surface area contributed by atoms with E-state index in [1.165, 1.54) is 36.8 Å². The Morgan fingerprint density at radius 3 is 2.00 bits per heavy atom. The molecule has 3 aromatic rings. The lowest BCUT2D eigenvalue weighted by atomic mass is 9.99. The fourth-order valence-electron chi connectivity index (χ4n) is 3.22. The summed E-state index contributed by atoms with van der Waals surface area (Å²) in [6, 6.07) is 21.7. The van der Waals surface area contributed by atoms with Crippen LogP contribution in [0.15, 0.2) is 79.4 Å². The Balaban J connectivity index is 0.00000225. The molecule has 0 spiro atoms. The zero-order valence-electron chi connectivity index (χ0n) is 14.9. The minimum Gasteiger partial charge on any atom is -1.00 e. The molecule has 0 aliphatic heterocycles. The molecule has 0 atom stereocenters. The maximum absolute atomic E-state index is 2.32. The molecule has 0 radical (unpaired) electrons. The molecule has 0 fully saturated rings. The molecule has 0 bridgehead atoms. The Bertz CT molecular complexity index is 683. The van der Waals surface area contributed by atoms with Gasteiger partial charge in [0.2, 0.25) is 6.33 Å². The summed E-state index contributed by atoms with van der Waals surface area (Å²) < 4.78 is 4.64. The van der Waals surface area contributed by atoms with Crippen molar-refractivity contribution in [3.63, 3.8) is 0 Å². The van der Waals surface area contributed by atoms with Gasteiger partial charge < -0.3 is 17.0 Å². The molecule has 1 heterocycles. The molecule has 0 saturated heterocycles. The van der Waals surface area contributed by atoms with Crippen LogP contribution in [0.3, 0.4) is 0 Å². The molecular formula is C22H27BrN2. The van der Waals surface area contributed by atoms with E-state index in [-0.39, 0.29) is 23.0 Å². The van der Waals surface area contributed by atoms with E-state index in [0.717, 1.165) is 6.54 Å². The number of imidazole rings is 1. The van der Waals surface area contributed by atoms with Gasteiger partial charge in [0.25, 0.3) is 0 Å². The zero-order valence-corrected chi connectivity index (χ0v) is 16.5. The van der Waals surface area contributed by atoms with Gasteiger partial charge in [0.15, 0.2) is 6.04 Å². The van der Waals surface area contributed by atoms with Crippen LogP contribution in [0.25, 0.3) is 0 Å². The number of aromatic nitrogens is 2. The maximum Gasteiger partial charge on any atom is 0.244 e.